The number of hydrogen-bond donors (Lipinski definition) is 1. The monoisotopic (exact) mass is 267 g/mol. The lowest BCUT2D eigenvalue weighted by atomic mass is 9.98. The summed E-state index contributed by atoms with van der Waals surface area (Å²) in [7, 11) is 0. The first-order valence-corrected chi connectivity index (χ1v) is 6.37. The van der Waals surface area contributed by atoms with Crippen LogP contribution in [-0.2, 0) is 6.54 Å². The van der Waals surface area contributed by atoms with Crippen molar-refractivity contribution in [2.45, 2.75) is 38.8 Å². The quantitative estimate of drug-likeness (QED) is 0.877. The first-order chi connectivity index (χ1) is 7.09. The second-order valence-electron chi connectivity index (χ2n) is 4.94. The Hall–Kier alpha value is -0.340. The Labute approximate surface area is 100 Å². The van der Waals surface area contributed by atoms with Crippen molar-refractivity contribution < 1.29 is 0 Å². The Kier molecular flexibility index (Phi) is 3.17. The number of halogens is 1. The van der Waals surface area contributed by atoms with Crippen molar-refractivity contribution >= 4 is 15.9 Å². The van der Waals surface area contributed by atoms with Crippen LogP contribution in [0.4, 0.5) is 0 Å². The van der Waals surface area contributed by atoms with Crippen molar-refractivity contribution in [1.82, 2.24) is 5.32 Å². The van der Waals surface area contributed by atoms with Gasteiger partial charge >= 0.3 is 0 Å². The molecule has 15 heavy (non-hydrogen) atoms. The van der Waals surface area contributed by atoms with Gasteiger partial charge in [-0.05, 0) is 44.2 Å². The summed E-state index contributed by atoms with van der Waals surface area (Å²) in [4.78, 5) is 0. The summed E-state index contributed by atoms with van der Waals surface area (Å²) in [6, 6.07) is 8.41. The van der Waals surface area contributed by atoms with E-state index in [0.717, 1.165) is 12.5 Å². The van der Waals surface area contributed by atoms with Gasteiger partial charge in [0.15, 0.2) is 0 Å². The van der Waals surface area contributed by atoms with E-state index in [4.69, 9.17) is 0 Å². The van der Waals surface area contributed by atoms with Gasteiger partial charge in [0.1, 0.15) is 0 Å². The zero-order chi connectivity index (χ0) is 10.9. The third-order valence-electron chi connectivity index (χ3n) is 3.29. The first kappa shape index (κ1) is 11.2. The van der Waals surface area contributed by atoms with Crippen molar-refractivity contribution in [3.8, 4) is 0 Å². The van der Waals surface area contributed by atoms with E-state index < -0.39 is 0 Å². The standard InChI is InChI=1S/C13H18BrN/c1-13(2,11-7-8-11)15-9-10-5-3-4-6-12(10)14/h3-6,11,15H,7-9H2,1-2H3. The third-order valence-corrected chi connectivity index (χ3v) is 4.06. The highest BCUT2D eigenvalue weighted by atomic mass is 79.9. The summed E-state index contributed by atoms with van der Waals surface area (Å²) in [5.74, 6) is 0.875. The Balaban J connectivity index is 1.95. The van der Waals surface area contributed by atoms with Crippen LogP contribution in [0.1, 0.15) is 32.3 Å². The molecular formula is C13H18BrN. The smallest absolute Gasteiger partial charge is 0.0221 e. The van der Waals surface area contributed by atoms with Crippen LogP contribution in [0.25, 0.3) is 0 Å². The summed E-state index contributed by atoms with van der Waals surface area (Å²) in [6.45, 7) is 5.56. The normalized spacial score (nSPS) is 16.7. The zero-order valence-corrected chi connectivity index (χ0v) is 11.0. The van der Waals surface area contributed by atoms with Crippen molar-refractivity contribution in [3.63, 3.8) is 0 Å². The molecule has 2 heteroatoms. The van der Waals surface area contributed by atoms with Gasteiger partial charge in [-0.3, -0.25) is 0 Å². The van der Waals surface area contributed by atoms with Crippen LogP contribution in [0.2, 0.25) is 0 Å². The minimum atomic E-state index is 0.287. The van der Waals surface area contributed by atoms with Gasteiger partial charge in [-0.25, -0.2) is 0 Å². The van der Waals surface area contributed by atoms with Gasteiger partial charge in [-0.1, -0.05) is 34.1 Å². The van der Waals surface area contributed by atoms with E-state index in [2.05, 4.69) is 59.4 Å². The Morgan fingerprint density at radius 2 is 2.00 bits per heavy atom. The SMILES string of the molecule is CC(C)(NCc1ccccc1Br)C1CC1. The molecule has 0 aliphatic heterocycles. The van der Waals surface area contributed by atoms with Gasteiger partial charge in [0.05, 0.1) is 0 Å². The summed E-state index contributed by atoms with van der Waals surface area (Å²) in [5.41, 5.74) is 1.63. The van der Waals surface area contributed by atoms with Gasteiger partial charge in [-0.15, -0.1) is 0 Å². The van der Waals surface area contributed by atoms with E-state index in [0.29, 0.717) is 0 Å². The molecule has 1 nitrogen and oxygen atoms in total. The molecule has 1 aliphatic carbocycles. The molecule has 1 N–H and O–H groups in total. The molecule has 0 aromatic heterocycles. The number of rotatable bonds is 4. The van der Waals surface area contributed by atoms with Crippen LogP contribution in [-0.4, -0.2) is 5.54 Å². The maximum atomic E-state index is 3.65. The van der Waals surface area contributed by atoms with Crippen LogP contribution in [0.5, 0.6) is 0 Å². The van der Waals surface area contributed by atoms with Crippen LogP contribution in [0, 0.1) is 5.92 Å². The largest absolute Gasteiger partial charge is 0.307 e. The highest BCUT2D eigenvalue weighted by Crippen LogP contribution is 2.39. The zero-order valence-electron chi connectivity index (χ0n) is 9.39. The molecule has 0 bridgehead atoms. The van der Waals surface area contributed by atoms with E-state index in [9.17, 15) is 0 Å². The number of hydrogen-bond acceptors (Lipinski definition) is 1. The van der Waals surface area contributed by atoms with Gasteiger partial charge in [0.2, 0.25) is 0 Å². The van der Waals surface area contributed by atoms with E-state index in [1.807, 2.05) is 0 Å². The Morgan fingerprint density at radius 3 is 2.60 bits per heavy atom. The minimum absolute atomic E-state index is 0.287. The Morgan fingerprint density at radius 1 is 1.33 bits per heavy atom. The van der Waals surface area contributed by atoms with Gasteiger partial charge in [0.25, 0.3) is 0 Å². The molecule has 0 heterocycles. The fourth-order valence-corrected chi connectivity index (χ4v) is 2.34. The molecule has 0 saturated heterocycles. The predicted molar refractivity (Wildman–Crippen MR) is 67.8 cm³/mol. The highest BCUT2D eigenvalue weighted by molar-refractivity contribution is 9.10. The maximum absolute atomic E-state index is 3.65. The maximum Gasteiger partial charge on any atom is 0.0221 e. The number of nitrogens with one attached hydrogen (secondary N) is 1. The van der Waals surface area contributed by atoms with Gasteiger partial charge in [-0.2, -0.15) is 0 Å². The fourth-order valence-electron chi connectivity index (χ4n) is 1.91. The highest BCUT2D eigenvalue weighted by Gasteiger charge is 2.37. The van der Waals surface area contributed by atoms with E-state index in [-0.39, 0.29) is 5.54 Å². The molecule has 1 aromatic rings. The van der Waals surface area contributed by atoms with Crippen molar-refractivity contribution in [3.05, 3.63) is 34.3 Å². The Bertz CT molecular complexity index is 342. The average Bonchev–Trinajstić information content (AvgIpc) is 3.00. The van der Waals surface area contributed by atoms with Crippen LogP contribution >= 0.6 is 15.9 Å². The summed E-state index contributed by atoms with van der Waals surface area (Å²) in [6.07, 6.45) is 2.77. The van der Waals surface area contributed by atoms with Crippen molar-refractivity contribution in [2.75, 3.05) is 0 Å². The average molecular weight is 268 g/mol. The van der Waals surface area contributed by atoms with Gasteiger partial charge in [0, 0.05) is 16.6 Å². The van der Waals surface area contributed by atoms with Crippen LogP contribution < -0.4 is 5.32 Å². The van der Waals surface area contributed by atoms with E-state index in [1.165, 1.54) is 22.9 Å². The summed E-state index contributed by atoms with van der Waals surface area (Å²) >= 11 is 3.58. The molecular weight excluding hydrogens is 250 g/mol. The topological polar surface area (TPSA) is 12.0 Å². The second-order valence-corrected chi connectivity index (χ2v) is 5.80. The molecule has 1 aromatic carbocycles. The van der Waals surface area contributed by atoms with Crippen LogP contribution in [0.15, 0.2) is 28.7 Å². The third kappa shape index (κ3) is 2.82. The molecule has 0 unspecified atom stereocenters. The molecule has 1 saturated carbocycles. The lowest BCUT2D eigenvalue weighted by Crippen LogP contribution is -2.40. The molecule has 1 fully saturated rings. The molecule has 0 spiro atoms. The minimum Gasteiger partial charge on any atom is -0.307 e. The van der Waals surface area contributed by atoms with E-state index in [1.54, 1.807) is 0 Å². The fraction of sp³-hybridized carbons (Fsp3) is 0.538. The molecule has 0 radical (unpaired) electrons. The summed E-state index contributed by atoms with van der Waals surface area (Å²) < 4.78 is 1.20. The molecule has 2 rings (SSSR count). The lowest BCUT2D eigenvalue weighted by molar-refractivity contribution is 0.339. The van der Waals surface area contributed by atoms with Crippen LogP contribution in [0.3, 0.4) is 0 Å². The second kappa shape index (κ2) is 4.26. The molecule has 82 valence electrons. The molecule has 0 amide bonds. The lowest BCUT2D eigenvalue weighted by Gasteiger charge is -2.26. The summed E-state index contributed by atoms with van der Waals surface area (Å²) in [5, 5.41) is 3.65. The van der Waals surface area contributed by atoms with Crippen molar-refractivity contribution in [1.29, 1.82) is 0 Å². The van der Waals surface area contributed by atoms with E-state index >= 15 is 0 Å². The predicted octanol–water partition coefficient (Wildman–Crippen LogP) is 3.73. The molecule has 0 atom stereocenters. The van der Waals surface area contributed by atoms with Gasteiger partial charge < -0.3 is 5.32 Å². The number of benzene rings is 1. The molecule has 1 aliphatic rings. The first-order valence-electron chi connectivity index (χ1n) is 5.58. The van der Waals surface area contributed by atoms with Crippen molar-refractivity contribution in [2.24, 2.45) is 5.92 Å².